The van der Waals surface area contributed by atoms with Gasteiger partial charge in [-0.05, 0) is 12.1 Å². The Bertz CT molecular complexity index is 237. The van der Waals surface area contributed by atoms with Gasteiger partial charge < -0.3 is 17.2 Å². The van der Waals surface area contributed by atoms with Crippen molar-refractivity contribution >= 4 is 42.1 Å². The van der Waals surface area contributed by atoms with Crippen molar-refractivity contribution in [2.24, 2.45) is 0 Å². The van der Waals surface area contributed by atoms with Gasteiger partial charge in [0.15, 0.2) is 0 Å². The predicted octanol–water partition coefficient (Wildman–Crippen LogP) is 1.14. The number of nitrogen functional groups attached to an aromatic ring is 3. The Morgan fingerprint density at radius 3 is 2.00 bits per heavy atom. The quantitative estimate of drug-likeness (QED) is 0.367. The first kappa shape index (κ1) is 10.3. The van der Waals surface area contributed by atoms with Crippen molar-refractivity contribution in [3.8, 4) is 0 Å². The Kier molecular flexibility index (Phi) is 3.35. The molecule has 62 valence electrons. The molecule has 0 unspecified atom stereocenters. The average Bonchev–Trinajstić information content (AvgIpc) is 1.93. The van der Waals surface area contributed by atoms with Crippen molar-refractivity contribution in [3.63, 3.8) is 0 Å². The summed E-state index contributed by atoms with van der Waals surface area (Å²) in [5.41, 5.74) is 17.8. The van der Waals surface area contributed by atoms with Gasteiger partial charge in [0.25, 0.3) is 0 Å². The molecule has 0 aromatic heterocycles. The van der Waals surface area contributed by atoms with Crippen LogP contribution < -0.4 is 17.2 Å². The van der Waals surface area contributed by atoms with Gasteiger partial charge in [-0.1, -0.05) is 0 Å². The van der Waals surface area contributed by atoms with Crippen molar-refractivity contribution in [2.75, 3.05) is 17.2 Å². The molecular formula is C6H10ClN3S. The highest BCUT2D eigenvalue weighted by Gasteiger charge is 2.00. The van der Waals surface area contributed by atoms with E-state index in [0.717, 1.165) is 0 Å². The molecule has 0 aliphatic heterocycles. The fourth-order valence-corrected chi connectivity index (χ4v) is 0.837. The number of hydrogen-bond donors (Lipinski definition) is 4. The molecule has 0 spiro atoms. The van der Waals surface area contributed by atoms with Crippen molar-refractivity contribution in [3.05, 3.63) is 12.1 Å². The first-order valence-corrected chi connectivity index (χ1v) is 3.20. The van der Waals surface area contributed by atoms with Crippen LogP contribution in [0.1, 0.15) is 0 Å². The highest BCUT2D eigenvalue weighted by molar-refractivity contribution is 7.80. The van der Waals surface area contributed by atoms with E-state index in [1.807, 2.05) is 0 Å². The second-order valence-electron chi connectivity index (χ2n) is 2.00. The van der Waals surface area contributed by atoms with Crippen LogP contribution in [0, 0.1) is 0 Å². The summed E-state index contributed by atoms with van der Waals surface area (Å²) in [7, 11) is 0. The van der Waals surface area contributed by atoms with Gasteiger partial charge in [0.1, 0.15) is 0 Å². The highest BCUT2D eigenvalue weighted by atomic mass is 35.5. The van der Waals surface area contributed by atoms with E-state index >= 15 is 0 Å². The Balaban J connectivity index is 0.000001000. The van der Waals surface area contributed by atoms with E-state index < -0.39 is 0 Å². The van der Waals surface area contributed by atoms with Gasteiger partial charge in [0.2, 0.25) is 0 Å². The highest BCUT2D eigenvalue weighted by Crippen LogP contribution is 2.27. The number of anilines is 3. The van der Waals surface area contributed by atoms with Crippen LogP contribution in [0.4, 0.5) is 17.1 Å². The van der Waals surface area contributed by atoms with Crippen LogP contribution in [-0.2, 0) is 0 Å². The minimum Gasteiger partial charge on any atom is -0.397 e. The SMILES string of the molecule is Cl.Nc1ccc(S)c(N)c1N. The van der Waals surface area contributed by atoms with Crippen molar-refractivity contribution in [1.82, 2.24) is 0 Å². The third-order valence-corrected chi connectivity index (χ3v) is 1.69. The van der Waals surface area contributed by atoms with E-state index in [-0.39, 0.29) is 12.4 Å². The molecule has 11 heavy (non-hydrogen) atoms. The number of halogens is 1. The minimum absolute atomic E-state index is 0. The Hall–Kier alpha value is -0.740. The summed E-state index contributed by atoms with van der Waals surface area (Å²) < 4.78 is 0. The first-order chi connectivity index (χ1) is 4.63. The standard InChI is InChI=1S/C6H9N3S.ClH/c7-3-1-2-4(10)6(9)5(3)8;/h1-2,10H,7-9H2;1H. The Morgan fingerprint density at radius 1 is 1.00 bits per heavy atom. The summed E-state index contributed by atoms with van der Waals surface area (Å²) in [6, 6.07) is 3.39. The number of thiol groups is 1. The molecule has 0 saturated heterocycles. The fraction of sp³-hybridized carbons (Fsp3) is 0. The van der Waals surface area contributed by atoms with Crippen LogP contribution in [-0.4, -0.2) is 0 Å². The average molecular weight is 192 g/mol. The first-order valence-electron chi connectivity index (χ1n) is 2.75. The zero-order valence-electron chi connectivity index (χ0n) is 5.74. The van der Waals surface area contributed by atoms with Gasteiger partial charge in [0, 0.05) is 4.90 Å². The Morgan fingerprint density at radius 2 is 1.55 bits per heavy atom. The molecule has 5 heteroatoms. The molecule has 1 aromatic rings. The number of rotatable bonds is 0. The molecule has 1 rings (SSSR count). The predicted molar refractivity (Wildman–Crippen MR) is 54.2 cm³/mol. The monoisotopic (exact) mass is 191 g/mol. The zero-order valence-corrected chi connectivity index (χ0v) is 7.45. The van der Waals surface area contributed by atoms with Crippen molar-refractivity contribution in [2.45, 2.75) is 4.90 Å². The molecule has 0 heterocycles. The number of nitrogens with two attached hydrogens (primary N) is 3. The van der Waals surface area contributed by atoms with Crippen LogP contribution in [0.15, 0.2) is 17.0 Å². The fourth-order valence-electron chi connectivity index (χ4n) is 0.642. The summed E-state index contributed by atoms with van der Waals surface area (Å²) in [6.45, 7) is 0. The van der Waals surface area contributed by atoms with Gasteiger partial charge in [0.05, 0.1) is 17.1 Å². The number of hydrogen-bond acceptors (Lipinski definition) is 4. The zero-order chi connectivity index (χ0) is 7.72. The topological polar surface area (TPSA) is 78.1 Å². The lowest BCUT2D eigenvalue weighted by Gasteiger charge is -2.04. The van der Waals surface area contributed by atoms with Crippen molar-refractivity contribution < 1.29 is 0 Å². The lowest BCUT2D eigenvalue weighted by atomic mass is 10.2. The van der Waals surface area contributed by atoms with Crippen molar-refractivity contribution in [1.29, 1.82) is 0 Å². The molecular weight excluding hydrogens is 182 g/mol. The Labute approximate surface area is 76.8 Å². The van der Waals surface area contributed by atoms with Crippen LogP contribution in [0.5, 0.6) is 0 Å². The normalized spacial score (nSPS) is 8.82. The molecule has 0 saturated carbocycles. The van der Waals surface area contributed by atoms with Crippen LogP contribution in [0.2, 0.25) is 0 Å². The van der Waals surface area contributed by atoms with E-state index in [1.165, 1.54) is 0 Å². The molecule has 1 aromatic carbocycles. The maximum absolute atomic E-state index is 5.50. The summed E-state index contributed by atoms with van der Waals surface area (Å²) in [5.74, 6) is 0. The maximum Gasteiger partial charge on any atom is 0.0792 e. The molecule has 6 N–H and O–H groups in total. The van der Waals surface area contributed by atoms with E-state index in [2.05, 4.69) is 12.6 Å². The van der Waals surface area contributed by atoms with Gasteiger partial charge in [-0.3, -0.25) is 0 Å². The molecule has 3 nitrogen and oxygen atoms in total. The lowest BCUT2D eigenvalue weighted by molar-refractivity contribution is 1.47. The molecule has 0 aliphatic carbocycles. The molecule has 0 bridgehead atoms. The van der Waals surface area contributed by atoms with Gasteiger partial charge in [-0.2, -0.15) is 0 Å². The minimum atomic E-state index is 0. The molecule has 0 aliphatic rings. The molecule has 0 fully saturated rings. The smallest absolute Gasteiger partial charge is 0.0792 e. The summed E-state index contributed by atoms with van der Waals surface area (Å²) >= 11 is 4.05. The van der Waals surface area contributed by atoms with E-state index in [1.54, 1.807) is 12.1 Å². The van der Waals surface area contributed by atoms with E-state index in [0.29, 0.717) is 22.0 Å². The lowest BCUT2D eigenvalue weighted by Crippen LogP contribution is -2.00. The second-order valence-corrected chi connectivity index (χ2v) is 2.48. The van der Waals surface area contributed by atoms with Crippen LogP contribution >= 0.6 is 25.0 Å². The molecule has 0 amide bonds. The van der Waals surface area contributed by atoms with Crippen LogP contribution in [0.3, 0.4) is 0 Å². The van der Waals surface area contributed by atoms with Gasteiger partial charge in [-0.25, -0.2) is 0 Å². The molecule has 0 radical (unpaired) electrons. The van der Waals surface area contributed by atoms with Gasteiger partial charge >= 0.3 is 0 Å². The largest absolute Gasteiger partial charge is 0.397 e. The third kappa shape index (κ3) is 1.85. The maximum atomic E-state index is 5.50. The number of benzene rings is 1. The van der Waals surface area contributed by atoms with E-state index in [4.69, 9.17) is 17.2 Å². The summed E-state index contributed by atoms with van der Waals surface area (Å²) in [6.07, 6.45) is 0. The molecule has 0 atom stereocenters. The second kappa shape index (κ2) is 3.59. The van der Waals surface area contributed by atoms with E-state index in [9.17, 15) is 0 Å². The van der Waals surface area contributed by atoms with Crippen LogP contribution in [0.25, 0.3) is 0 Å². The third-order valence-electron chi connectivity index (χ3n) is 1.30. The summed E-state index contributed by atoms with van der Waals surface area (Å²) in [5, 5.41) is 0. The van der Waals surface area contributed by atoms with Gasteiger partial charge in [-0.15, -0.1) is 25.0 Å². The summed E-state index contributed by atoms with van der Waals surface area (Å²) in [4.78, 5) is 0.659.